The summed E-state index contributed by atoms with van der Waals surface area (Å²) in [5.41, 5.74) is 2.53. The van der Waals surface area contributed by atoms with E-state index in [1.807, 2.05) is 7.05 Å². The Labute approximate surface area is 147 Å². The Morgan fingerprint density at radius 2 is 2.15 bits per heavy atom. The van der Waals surface area contributed by atoms with E-state index in [4.69, 9.17) is 9.90 Å². The molecule has 2 aromatic heterocycles. The van der Waals surface area contributed by atoms with Crippen LogP contribution in [0.2, 0.25) is 0 Å². The van der Waals surface area contributed by atoms with E-state index in [1.165, 1.54) is 6.07 Å². The molecule has 1 amide bonds. The number of halogens is 1. The maximum atomic E-state index is 13.7. The molecule has 0 atom stereocenters. The van der Waals surface area contributed by atoms with Crippen molar-refractivity contribution >= 4 is 29.1 Å². The molecule has 0 bridgehead atoms. The van der Waals surface area contributed by atoms with Crippen LogP contribution in [0.3, 0.4) is 0 Å². The largest absolute Gasteiger partial charge is 0.483 e. The Kier molecular flexibility index (Phi) is 4.94. The van der Waals surface area contributed by atoms with Gasteiger partial charge in [-0.1, -0.05) is 6.07 Å². The number of hydrogen-bond donors (Lipinski definition) is 4. The van der Waals surface area contributed by atoms with Gasteiger partial charge in [0.05, 0.1) is 0 Å². The summed E-state index contributed by atoms with van der Waals surface area (Å²) in [7, 11) is 2.00. The number of amides is 1. The van der Waals surface area contributed by atoms with E-state index in [0.29, 0.717) is 23.4 Å². The smallest absolute Gasteiger partial charge is 0.290 e. The summed E-state index contributed by atoms with van der Waals surface area (Å²) in [6, 6.07) is 4.62. The number of para-hydroxylation sites is 1. The molecule has 0 saturated carbocycles. The molecule has 3 heterocycles. The lowest BCUT2D eigenvalue weighted by atomic mass is 10.1. The van der Waals surface area contributed by atoms with Crippen molar-refractivity contribution in [3.63, 3.8) is 0 Å². The fourth-order valence-corrected chi connectivity index (χ4v) is 2.89. The third-order valence-electron chi connectivity index (χ3n) is 4.12. The summed E-state index contributed by atoms with van der Waals surface area (Å²) < 4.78 is 13.7. The van der Waals surface area contributed by atoms with E-state index in [2.05, 4.69) is 30.6 Å². The van der Waals surface area contributed by atoms with Gasteiger partial charge < -0.3 is 15.3 Å². The summed E-state index contributed by atoms with van der Waals surface area (Å²) in [5, 5.41) is 23.8. The fraction of sp³-hybridized carbons (Fsp3) is 0.250. The van der Waals surface area contributed by atoms with Gasteiger partial charge in [-0.3, -0.25) is 19.8 Å². The first-order valence-corrected chi connectivity index (χ1v) is 7.81. The number of anilines is 1. The maximum absolute atomic E-state index is 13.7. The van der Waals surface area contributed by atoms with Gasteiger partial charge in [-0.15, -0.1) is 0 Å². The van der Waals surface area contributed by atoms with Crippen LogP contribution in [-0.4, -0.2) is 56.4 Å². The van der Waals surface area contributed by atoms with Gasteiger partial charge >= 0.3 is 0 Å². The molecule has 4 rings (SSSR count). The van der Waals surface area contributed by atoms with E-state index < -0.39 is 5.82 Å². The molecular weight excluding hydrogens is 343 g/mol. The van der Waals surface area contributed by atoms with E-state index in [9.17, 15) is 9.18 Å². The number of nitrogens with zero attached hydrogens (tertiary/aromatic N) is 3. The number of rotatable bonds is 2. The van der Waals surface area contributed by atoms with Crippen LogP contribution in [0.5, 0.6) is 0 Å². The minimum Gasteiger partial charge on any atom is -0.483 e. The molecular formula is C16H17FN6O3. The molecule has 1 aliphatic rings. The average Bonchev–Trinajstić information content (AvgIpc) is 3.20. The first-order valence-electron chi connectivity index (χ1n) is 7.81. The molecule has 4 N–H and O–H groups in total. The number of carboxylic acid groups (broad SMARTS) is 1. The lowest BCUT2D eigenvalue weighted by Crippen LogP contribution is -2.27. The monoisotopic (exact) mass is 360 g/mol. The molecule has 1 aromatic carbocycles. The fourth-order valence-electron chi connectivity index (χ4n) is 2.89. The van der Waals surface area contributed by atoms with Crippen molar-refractivity contribution in [2.45, 2.75) is 13.0 Å². The second kappa shape index (κ2) is 7.31. The topological polar surface area (TPSA) is 127 Å². The van der Waals surface area contributed by atoms with Crippen LogP contribution in [0, 0.1) is 5.82 Å². The van der Waals surface area contributed by atoms with Crippen LogP contribution in [0.15, 0.2) is 18.2 Å². The molecule has 10 heteroatoms. The lowest BCUT2D eigenvalue weighted by Gasteiger charge is -2.22. The van der Waals surface area contributed by atoms with E-state index in [-0.39, 0.29) is 17.9 Å². The zero-order valence-corrected chi connectivity index (χ0v) is 13.9. The number of aromatic nitrogens is 4. The molecule has 0 radical (unpaired) electrons. The molecule has 0 spiro atoms. The Morgan fingerprint density at radius 1 is 1.38 bits per heavy atom. The Balaban J connectivity index is 0.000000613. The highest BCUT2D eigenvalue weighted by Crippen LogP contribution is 2.24. The van der Waals surface area contributed by atoms with E-state index in [0.717, 1.165) is 24.2 Å². The Morgan fingerprint density at radius 3 is 2.92 bits per heavy atom. The minimum absolute atomic E-state index is 0.250. The summed E-state index contributed by atoms with van der Waals surface area (Å²) in [5.74, 6) is -0.463. The molecule has 9 nitrogen and oxygen atoms in total. The van der Waals surface area contributed by atoms with E-state index in [1.54, 1.807) is 12.1 Å². The number of carbonyl (C=O) groups excluding carboxylic acids is 1. The zero-order valence-electron chi connectivity index (χ0n) is 13.9. The second-order valence-corrected chi connectivity index (χ2v) is 5.81. The Hall–Kier alpha value is -3.27. The van der Waals surface area contributed by atoms with Crippen LogP contribution in [-0.2, 0) is 17.8 Å². The number of hydrogen-bond acceptors (Lipinski definition) is 5. The van der Waals surface area contributed by atoms with Crippen LogP contribution >= 0.6 is 0 Å². The van der Waals surface area contributed by atoms with Crippen molar-refractivity contribution in [2.75, 3.05) is 18.9 Å². The number of nitrogens with one attached hydrogen (secondary N) is 3. The SMILES string of the molecule is CN1CCc2[nH]nc(C(=O)Nc3n[nH]c4c(F)cccc34)c2C1.O=CO. The van der Waals surface area contributed by atoms with Crippen LogP contribution < -0.4 is 5.32 Å². The predicted molar refractivity (Wildman–Crippen MR) is 91.3 cm³/mol. The molecule has 0 unspecified atom stereocenters. The highest BCUT2D eigenvalue weighted by Gasteiger charge is 2.24. The van der Waals surface area contributed by atoms with Crippen LogP contribution in [0.1, 0.15) is 21.7 Å². The van der Waals surface area contributed by atoms with Gasteiger partial charge in [-0.2, -0.15) is 10.2 Å². The lowest BCUT2D eigenvalue weighted by molar-refractivity contribution is -0.122. The van der Waals surface area contributed by atoms with Crippen LogP contribution in [0.4, 0.5) is 10.2 Å². The number of likely N-dealkylation sites (N-methyl/N-ethyl adjacent to an activating group) is 1. The number of fused-ring (bicyclic) bond motifs is 2. The zero-order chi connectivity index (χ0) is 18.7. The number of aromatic amines is 2. The average molecular weight is 360 g/mol. The summed E-state index contributed by atoms with van der Waals surface area (Å²) in [6.45, 7) is 1.35. The van der Waals surface area contributed by atoms with Gasteiger partial charge in [0.1, 0.15) is 11.3 Å². The maximum Gasteiger partial charge on any atom is 0.290 e. The normalized spacial score (nSPS) is 13.6. The van der Waals surface area contributed by atoms with Crippen molar-refractivity contribution in [1.29, 1.82) is 0 Å². The third-order valence-corrected chi connectivity index (χ3v) is 4.12. The molecule has 0 aliphatic carbocycles. The predicted octanol–water partition coefficient (Wildman–Crippen LogP) is 1.37. The van der Waals surface area contributed by atoms with Gasteiger partial charge in [-0.25, -0.2) is 4.39 Å². The summed E-state index contributed by atoms with van der Waals surface area (Å²) in [4.78, 5) is 23.0. The van der Waals surface area contributed by atoms with Gasteiger partial charge in [0.15, 0.2) is 11.5 Å². The molecule has 136 valence electrons. The first kappa shape index (κ1) is 17.5. The number of H-pyrrole nitrogens is 2. The standard InChI is InChI=1S/C15H15FN6O.CH2O2/c1-22-6-5-11-9(7-22)13(20-18-11)15(23)17-14-8-3-2-4-10(16)12(8)19-21-14;2-1-3/h2-4H,5-7H2,1H3,(H,18,20)(H2,17,19,21,23);1H,(H,2,3). The van der Waals surface area contributed by atoms with Gasteiger partial charge in [-0.05, 0) is 19.2 Å². The molecule has 3 aromatic rings. The van der Waals surface area contributed by atoms with Gasteiger partial charge in [0.2, 0.25) is 0 Å². The van der Waals surface area contributed by atoms with Crippen molar-refractivity contribution in [3.8, 4) is 0 Å². The summed E-state index contributed by atoms with van der Waals surface area (Å²) >= 11 is 0. The van der Waals surface area contributed by atoms with Crippen molar-refractivity contribution in [2.24, 2.45) is 0 Å². The van der Waals surface area contributed by atoms with Crippen LogP contribution in [0.25, 0.3) is 10.9 Å². The Bertz CT molecular complexity index is 951. The highest BCUT2D eigenvalue weighted by molar-refractivity contribution is 6.07. The molecule has 1 aliphatic heterocycles. The summed E-state index contributed by atoms with van der Waals surface area (Å²) in [6.07, 6.45) is 0.836. The molecule has 26 heavy (non-hydrogen) atoms. The van der Waals surface area contributed by atoms with Crippen molar-refractivity contribution in [1.82, 2.24) is 25.3 Å². The number of carbonyl (C=O) groups is 2. The van der Waals surface area contributed by atoms with E-state index >= 15 is 0 Å². The third kappa shape index (κ3) is 3.26. The minimum atomic E-state index is -0.408. The number of benzene rings is 1. The molecule has 0 saturated heterocycles. The van der Waals surface area contributed by atoms with Crippen molar-refractivity contribution < 1.29 is 19.1 Å². The second-order valence-electron chi connectivity index (χ2n) is 5.81. The van der Waals surface area contributed by atoms with Gasteiger partial charge in [0.25, 0.3) is 12.4 Å². The van der Waals surface area contributed by atoms with Crippen molar-refractivity contribution in [3.05, 3.63) is 41.0 Å². The first-order chi connectivity index (χ1) is 12.5. The van der Waals surface area contributed by atoms with Gasteiger partial charge in [0, 0.05) is 36.2 Å². The quantitative estimate of drug-likeness (QED) is 0.511. The highest BCUT2D eigenvalue weighted by atomic mass is 19.1. The molecule has 0 fully saturated rings.